The fraction of sp³-hybridized carbons (Fsp3) is 0.600. The highest BCUT2D eigenvalue weighted by Crippen LogP contribution is 2.15. The van der Waals surface area contributed by atoms with Gasteiger partial charge in [-0.3, -0.25) is 4.79 Å². The Kier molecular flexibility index (Phi) is 2.27. The molecule has 14 heavy (non-hydrogen) atoms. The molecule has 1 aliphatic rings. The van der Waals surface area contributed by atoms with Crippen LogP contribution in [-0.2, 0) is 12.8 Å². The first-order valence-corrected chi connectivity index (χ1v) is 5.06. The van der Waals surface area contributed by atoms with Gasteiger partial charge in [-0.1, -0.05) is 6.42 Å². The summed E-state index contributed by atoms with van der Waals surface area (Å²) >= 11 is 0. The van der Waals surface area contributed by atoms with Crippen molar-refractivity contribution in [2.45, 2.75) is 39.0 Å². The summed E-state index contributed by atoms with van der Waals surface area (Å²) in [5.41, 5.74) is 1.73. The standard InChI is InChI=1S/C10H15N3O/c1-7-12-9-6-4-2-3-5-8(9)10(14)13(7)11/h2-6,11H2,1H3. The van der Waals surface area contributed by atoms with Crippen LogP contribution < -0.4 is 11.4 Å². The van der Waals surface area contributed by atoms with Crippen LogP contribution >= 0.6 is 0 Å². The highest BCUT2D eigenvalue weighted by atomic mass is 16.1. The zero-order valence-corrected chi connectivity index (χ0v) is 8.42. The van der Waals surface area contributed by atoms with E-state index in [-0.39, 0.29) is 5.56 Å². The van der Waals surface area contributed by atoms with Gasteiger partial charge in [0.2, 0.25) is 0 Å². The minimum absolute atomic E-state index is 0.0607. The van der Waals surface area contributed by atoms with Crippen LogP contribution in [-0.4, -0.2) is 9.66 Å². The van der Waals surface area contributed by atoms with Gasteiger partial charge in [-0.2, -0.15) is 0 Å². The van der Waals surface area contributed by atoms with Crippen molar-refractivity contribution in [3.05, 3.63) is 27.4 Å². The first-order chi connectivity index (χ1) is 6.70. The predicted molar refractivity (Wildman–Crippen MR) is 54.6 cm³/mol. The number of hydrogen-bond acceptors (Lipinski definition) is 3. The molecule has 0 atom stereocenters. The van der Waals surface area contributed by atoms with Gasteiger partial charge in [0.25, 0.3) is 5.56 Å². The first-order valence-electron chi connectivity index (χ1n) is 5.06. The van der Waals surface area contributed by atoms with E-state index >= 15 is 0 Å². The predicted octanol–water partition coefficient (Wildman–Crippen LogP) is 0.534. The van der Waals surface area contributed by atoms with Gasteiger partial charge in [0.1, 0.15) is 5.82 Å². The molecule has 1 heterocycles. The molecule has 1 aromatic rings. The molecule has 0 unspecified atom stereocenters. The highest BCUT2D eigenvalue weighted by molar-refractivity contribution is 5.20. The molecule has 0 radical (unpaired) electrons. The first kappa shape index (κ1) is 9.24. The molecule has 4 heteroatoms. The molecule has 0 saturated carbocycles. The SMILES string of the molecule is Cc1nc2c(c(=O)n1N)CCCCC2. The summed E-state index contributed by atoms with van der Waals surface area (Å²) in [6.07, 6.45) is 5.14. The van der Waals surface area contributed by atoms with Crippen LogP contribution in [0.1, 0.15) is 36.3 Å². The van der Waals surface area contributed by atoms with Crippen LogP contribution in [0.2, 0.25) is 0 Å². The molecule has 1 aromatic heterocycles. The molecule has 2 rings (SSSR count). The molecular weight excluding hydrogens is 178 g/mol. The quantitative estimate of drug-likeness (QED) is 0.483. The van der Waals surface area contributed by atoms with Gasteiger partial charge in [-0.15, -0.1) is 0 Å². The molecule has 0 amide bonds. The van der Waals surface area contributed by atoms with E-state index in [1.54, 1.807) is 6.92 Å². The Morgan fingerprint density at radius 1 is 1.29 bits per heavy atom. The molecule has 0 bridgehead atoms. The molecular formula is C10H15N3O. The lowest BCUT2D eigenvalue weighted by Crippen LogP contribution is -2.34. The summed E-state index contributed by atoms with van der Waals surface area (Å²) in [4.78, 5) is 16.2. The Morgan fingerprint density at radius 2 is 2.00 bits per heavy atom. The van der Waals surface area contributed by atoms with E-state index in [4.69, 9.17) is 5.84 Å². The van der Waals surface area contributed by atoms with Gasteiger partial charge < -0.3 is 5.84 Å². The average Bonchev–Trinajstić information content (AvgIpc) is 2.39. The monoisotopic (exact) mass is 193 g/mol. The molecule has 76 valence electrons. The summed E-state index contributed by atoms with van der Waals surface area (Å²) in [6, 6.07) is 0. The Balaban J connectivity index is 2.61. The molecule has 0 aliphatic heterocycles. The second-order valence-electron chi connectivity index (χ2n) is 3.82. The van der Waals surface area contributed by atoms with Crippen LogP contribution in [0, 0.1) is 6.92 Å². The van der Waals surface area contributed by atoms with Crippen molar-refractivity contribution in [3.8, 4) is 0 Å². The van der Waals surface area contributed by atoms with Gasteiger partial charge in [0, 0.05) is 5.56 Å². The third-order valence-corrected chi connectivity index (χ3v) is 2.81. The number of nitrogens with two attached hydrogens (primary N) is 1. The lowest BCUT2D eigenvalue weighted by atomic mass is 10.1. The van der Waals surface area contributed by atoms with Crippen molar-refractivity contribution in [2.75, 3.05) is 5.84 Å². The van der Waals surface area contributed by atoms with Gasteiger partial charge in [-0.25, -0.2) is 9.66 Å². The van der Waals surface area contributed by atoms with Crippen molar-refractivity contribution >= 4 is 0 Å². The van der Waals surface area contributed by atoms with Gasteiger partial charge in [0.05, 0.1) is 5.69 Å². The lowest BCUT2D eigenvalue weighted by molar-refractivity contribution is 0.708. The fourth-order valence-electron chi connectivity index (χ4n) is 1.96. The van der Waals surface area contributed by atoms with Crippen molar-refractivity contribution in [3.63, 3.8) is 0 Å². The van der Waals surface area contributed by atoms with Crippen molar-refractivity contribution in [1.29, 1.82) is 0 Å². The van der Waals surface area contributed by atoms with Gasteiger partial charge in [0.15, 0.2) is 0 Å². The van der Waals surface area contributed by atoms with Crippen molar-refractivity contribution < 1.29 is 0 Å². The minimum Gasteiger partial charge on any atom is -0.335 e. The third kappa shape index (κ3) is 1.41. The van der Waals surface area contributed by atoms with Crippen molar-refractivity contribution in [2.24, 2.45) is 0 Å². The normalized spacial score (nSPS) is 16.1. The second-order valence-corrected chi connectivity index (χ2v) is 3.82. The van der Waals surface area contributed by atoms with E-state index in [0.29, 0.717) is 5.82 Å². The number of nitrogen functional groups attached to an aromatic ring is 1. The molecule has 0 saturated heterocycles. The maximum Gasteiger partial charge on any atom is 0.275 e. The maximum atomic E-state index is 11.8. The number of nitrogens with zero attached hydrogens (tertiary/aromatic N) is 2. The van der Waals surface area contributed by atoms with Gasteiger partial charge in [-0.05, 0) is 32.6 Å². The van der Waals surface area contributed by atoms with E-state index in [1.165, 1.54) is 6.42 Å². The fourth-order valence-corrected chi connectivity index (χ4v) is 1.96. The highest BCUT2D eigenvalue weighted by Gasteiger charge is 2.15. The number of fused-ring (bicyclic) bond motifs is 1. The number of hydrogen-bond donors (Lipinski definition) is 1. The summed E-state index contributed by atoms with van der Waals surface area (Å²) in [7, 11) is 0. The molecule has 0 fully saturated rings. The Labute approximate surface area is 82.7 Å². The zero-order chi connectivity index (χ0) is 10.1. The van der Waals surface area contributed by atoms with Crippen LogP contribution in [0.15, 0.2) is 4.79 Å². The van der Waals surface area contributed by atoms with E-state index in [0.717, 1.165) is 41.6 Å². The molecule has 4 nitrogen and oxygen atoms in total. The average molecular weight is 193 g/mol. The van der Waals surface area contributed by atoms with Gasteiger partial charge >= 0.3 is 0 Å². The van der Waals surface area contributed by atoms with E-state index in [2.05, 4.69) is 4.98 Å². The molecule has 1 aliphatic carbocycles. The van der Waals surface area contributed by atoms with E-state index in [1.807, 2.05) is 0 Å². The number of aromatic nitrogens is 2. The second kappa shape index (κ2) is 3.44. The summed E-state index contributed by atoms with van der Waals surface area (Å²) in [5, 5.41) is 0. The minimum atomic E-state index is -0.0607. The Bertz CT molecular complexity index is 409. The largest absolute Gasteiger partial charge is 0.335 e. The number of aryl methyl sites for hydroxylation is 2. The summed E-state index contributed by atoms with van der Waals surface area (Å²) in [5.74, 6) is 6.21. The van der Waals surface area contributed by atoms with E-state index < -0.39 is 0 Å². The van der Waals surface area contributed by atoms with Crippen LogP contribution in [0.5, 0.6) is 0 Å². The number of rotatable bonds is 0. The summed E-state index contributed by atoms with van der Waals surface area (Å²) < 4.78 is 1.16. The molecule has 0 aromatic carbocycles. The maximum absolute atomic E-state index is 11.8. The summed E-state index contributed by atoms with van der Waals surface area (Å²) in [6.45, 7) is 1.77. The van der Waals surface area contributed by atoms with Crippen LogP contribution in [0.4, 0.5) is 0 Å². The Hall–Kier alpha value is -1.32. The third-order valence-electron chi connectivity index (χ3n) is 2.81. The lowest BCUT2D eigenvalue weighted by Gasteiger charge is -2.08. The topological polar surface area (TPSA) is 60.9 Å². The van der Waals surface area contributed by atoms with E-state index in [9.17, 15) is 4.79 Å². The van der Waals surface area contributed by atoms with Crippen LogP contribution in [0.25, 0.3) is 0 Å². The Morgan fingerprint density at radius 3 is 2.79 bits per heavy atom. The smallest absolute Gasteiger partial charge is 0.275 e. The zero-order valence-electron chi connectivity index (χ0n) is 8.42. The molecule has 2 N–H and O–H groups in total. The van der Waals surface area contributed by atoms with Crippen molar-refractivity contribution in [1.82, 2.24) is 9.66 Å². The molecule has 0 spiro atoms. The van der Waals surface area contributed by atoms with Crippen LogP contribution in [0.3, 0.4) is 0 Å².